The van der Waals surface area contributed by atoms with Gasteiger partial charge in [0, 0.05) is 32.7 Å². The smallest absolute Gasteiger partial charge is 0.319 e. The number of hydrogen-bond donors (Lipinski definition) is 1. The van der Waals surface area contributed by atoms with Crippen molar-refractivity contribution in [3.05, 3.63) is 0 Å². The second-order valence-corrected chi connectivity index (χ2v) is 4.94. The Labute approximate surface area is 91.6 Å². The molecule has 2 rings (SSSR count). The third-order valence-electron chi connectivity index (χ3n) is 3.17. The fraction of sp³-hybridized carbons (Fsp3) is 0.909. The van der Waals surface area contributed by atoms with Gasteiger partial charge in [0.15, 0.2) is 0 Å². The van der Waals surface area contributed by atoms with E-state index in [0.29, 0.717) is 5.92 Å². The summed E-state index contributed by atoms with van der Waals surface area (Å²) in [6.45, 7) is 5.91. The maximum Gasteiger partial charge on any atom is 0.319 e. The maximum absolute atomic E-state index is 11.6. The lowest BCUT2D eigenvalue weighted by molar-refractivity contribution is 0.192. The Bertz CT molecular complexity index is 240. The number of carbonyl (C=O) groups excluding carboxylic acids is 1. The Morgan fingerprint density at radius 1 is 1.47 bits per heavy atom. The first-order valence-corrected chi connectivity index (χ1v) is 5.90. The van der Waals surface area contributed by atoms with Crippen molar-refractivity contribution in [2.24, 2.45) is 5.92 Å². The molecule has 0 bridgehead atoms. The number of hydrogen-bond acceptors (Lipinski definition) is 2. The zero-order valence-corrected chi connectivity index (χ0v) is 9.70. The average molecular weight is 211 g/mol. The molecule has 4 heteroatoms. The maximum atomic E-state index is 11.6. The van der Waals surface area contributed by atoms with E-state index in [9.17, 15) is 4.79 Å². The van der Waals surface area contributed by atoms with Gasteiger partial charge in [0.2, 0.25) is 0 Å². The zero-order chi connectivity index (χ0) is 10.8. The average Bonchev–Trinajstić information content (AvgIpc) is 2.98. The van der Waals surface area contributed by atoms with Gasteiger partial charge >= 0.3 is 6.03 Å². The molecular weight excluding hydrogens is 190 g/mol. The summed E-state index contributed by atoms with van der Waals surface area (Å²) >= 11 is 0. The molecule has 2 fully saturated rings. The minimum absolute atomic E-state index is 0.188. The minimum Gasteiger partial charge on any atom is -0.326 e. The first kappa shape index (κ1) is 10.7. The Kier molecular flexibility index (Phi) is 3.14. The quantitative estimate of drug-likeness (QED) is 0.728. The van der Waals surface area contributed by atoms with E-state index >= 15 is 0 Å². The number of rotatable bonds is 5. The van der Waals surface area contributed by atoms with E-state index in [2.05, 4.69) is 12.2 Å². The summed E-state index contributed by atoms with van der Waals surface area (Å²) in [5.41, 5.74) is 0. The SMILES string of the molecule is CC(CNC1CC1)CN1CCN(C)C1=O. The van der Waals surface area contributed by atoms with Gasteiger partial charge in [-0.2, -0.15) is 0 Å². The molecule has 0 aromatic rings. The lowest BCUT2D eigenvalue weighted by atomic mass is 10.1. The van der Waals surface area contributed by atoms with Crippen molar-refractivity contribution in [1.29, 1.82) is 0 Å². The highest BCUT2D eigenvalue weighted by Gasteiger charge is 2.27. The molecule has 1 atom stereocenters. The monoisotopic (exact) mass is 211 g/mol. The largest absolute Gasteiger partial charge is 0.326 e. The van der Waals surface area contributed by atoms with Gasteiger partial charge in [-0.05, 0) is 25.3 Å². The Hall–Kier alpha value is -0.770. The molecule has 1 saturated carbocycles. The highest BCUT2D eigenvalue weighted by molar-refractivity contribution is 5.76. The molecule has 1 aliphatic carbocycles. The van der Waals surface area contributed by atoms with Crippen molar-refractivity contribution in [1.82, 2.24) is 15.1 Å². The molecule has 1 unspecified atom stereocenters. The van der Waals surface area contributed by atoms with Crippen LogP contribution in [-0.4, -0.2) is 55.1 Å². The minimum atomic E-state index is 0.188. The van der Waals surface area contributed by atoms with E-state index in [1.807, 2.05) is 11.9 Å². The number of likely N-dealkylation sites (N-methyl/N-ethyl adjacent to an activating group) is 1. The molecule has 2 aliphatic rings. The zero-order valence-electron chi connectivity index (χ0n) is 9.70. The van der Waals surface area contributed by atoms with Gasteiger partial charge in [0.05, 0.1) is 0 Å². The fourth-order valence-electron chi connectivity index (χ4n) is 1.97. The van der Waals surface area contributed by atoms with Crippen LogP contribution in [0.1, 0.15) is 19.8 Å². The van der Waals surface area contributed by atoms with Crippen LogP contribution >= 0.6 is 0 Å². The second-order valence-electron chi connectivity index (χ2n) is 4.94. The van der Waals surface area contributed by atoms with Crippen LogP contribution < -0.4 is 5.32 Å². The van der Waals surface area contributed by atoms with Crippen LogP contribution in [0.5, 0.6) is 0 Å². The normalized spacial score (nSPS) is 23.7. The van der Waals surface area contributed by atoms with Gasteiger partial charge in [-0.1, -0.05) is 6.92 Å². The molecular formula is C11H21N3O. The molecule has 0 radical (unpaired) electrons. The van der Waals surface area contributed by atoms with Crippen molar-refractivity contribution >= 4 is 6.03 Å². The topological polar surface area (TPSA) is 35.6 Å². The molecule has 2 amide bonds. The van der Waals surface area contributed by atoms with Gasteiger partial charge in [0.1, 0.15) is 0 Å². The van der Waals surface area contributed by atoms with E-state index in [1.165, 1.54) is 12.8 Å². The van der Waals surface area contributed by atoms with E-state index in [4.69, 9.17) is 0 Å². The van der Waals surface area contributed by atoms with Crippen LogP contribution in [0.15, 0.2) is 0 Å². The van der Waals surface area contributed by atoms with Crippen molar-refractivity contribution in [3.63, 3.8) is 0 Å². The lowest BCUT2D eigenvalue weighted by Crippen LogP contribution is -2.36. The first-order chi connectivity index (χ1) is 7.16. The summed E-state index contributed by atoms with van der Waals surface area (Å²) in [5.74, 6) is 0.557. The van der Waals surface area contributed by atoms with Crippen LogP contribution in [0, 0.1) is 5.92 Å². The Morgan fingerprint density at radius 2 is 2.20 bits per heavy atom. The summed E-state index contributed by atoms with van der Waals surface area (Å²) in [5, 5.41) is 3.50. The highest BCUT2D eigenvalue weighted by atomic mass is 16.2. The van der Waals surface area contributed by atoms with Crippen LogP contribution in [-0.2, 0) is 0 Å². The molecule has 0 aromatic carbocycles. The van der Waals surface area contributed by atoms with Crippen molar-refractivity contribution in [3.8, 4) is 0 Å². The highest BCUT2D eigenvalue weighted by Crippen LogP contribution is 2.19. The van der Waals surface area contributed by atoms with Gasteiger partial charge in [-0.3, -0.25) is 0 Å². The third-order valence-corrected chi connectivity index (χ3v) is 3.17. The number of urea groups is 1. The van der Waals surface area contributed by atoms with Crippen molar-refractivity contribution in [2.45, 2.75) is 25.8 Å². The van der Waals surface area contributed by atoms with Crippen molar-refractivity contribution < 1.29 is 4.79 Å². The molecule has 1 aliphatic heterocycles. The number of carbonyl (C=O) groups is 1. The molecule has 1 N–H and O–H groups in total. The van der Waals surface area contributed by atoms with E-state index < -0.39 is 0 Å². The van der Waals surface area contributed by atoms with E-state index in [-0.39, 0.29) is 6.03 Å². The number of amides is 2. The Balaban J connectivity index is 1.68. The van der Waals surface area contributed by atoms with Gasteiger partial charge in [-0.25, -0.2) is 4.79 Å². The second kappa shape index (κ2) is 4.39. The molecule has 0 spiro atoms. The number of nitrogens with one attached hydrogen (secondary N) is 1. The molecule has 15 heavy (non-hydrogen) atoms. The number of nitrogens with zero attached hydrogens (tertiary/aromatic N) is 2. The summed E-state index contributed by atoms with van der Waals surface area (Å²) in [4.78, 5) is 15.4. The molecule has 1 heterocycles. The van der Waals surface area contributed by atoms with Crippen LogP contribution in [0.2, 0.25) is 0 Å². The molecule has 86 valence electrons. The van der Waals surface area contributed by atoms with E-state index in [0.717, 1.165) is 32.2 Å². The first-order valence-electron chi connectivity index (χ1n) is 5.90. The standard InChI is InChI=1S/C11H21N3O/c1-9(7-12-10-3-4-10)8-14-6-5-13(2)11(14)15/h9-10,12H,3-8H2,1-2H3. The predicted molar refractivity (Wildman–Crippen MR) is 59.8 cm³/mol. The lowest BCUT2D eigenvalue weighted by Gasteiger charge is -2.20. The van der Waals surface area contributed by atoms with Gasteiger partial charge < -0.3 is 15.1 Å². The fourth-order valence-corrected chi connectivity index (χ4v) is 1.97. The van der Waals surface area contributed by atoms with Gasteiger partial charge in [-0.15, -0.1) is 0 Å². The summed E-state index contributed by atoms with van der Waals surface area (Å²) in [7, 11) is 1.87. The molecule has 0 aromatic heterocycles. The predicted octanol–water partition coefficient (Wildman–Crippen LogP) is 0.742. The van der Waals surface area contributed by atoms with Gasteiger partial charge in [0.25, 0.3) is 0 Å². The third kappa shape index (κ3) is 2.84. The van der Waals surface area contributed by atoms with Crippen LogP contribution in [0.3, 0.4) is 0 Å². The van der Waals surface area contributed by atoms with E-state index in [1.54, 1.807) is 4.90 Å². The van der Waals surface area contributed by atoms with Crippen LogP contribution in [0.25, 0.3) is 0 Å². The van der Waals surface area contributed by atoms with Crippen molar-refractivity contribution in [2.75, 3.05) is 33.2 Å². The van der Waals surface area contributed by atoms with Crippen LogP contribution in [0.4, 0.5) is 4.79 Å². The molecule has 1 saturated heterocycles. The summed E-state index contributed by atoms with van der Waals surface area (Å²) in [6, 6.07) is 0.956. The Morgan fingerprint density at radius 3 is 2.73 bits per heavy atom. The summed E-state index contributed by atoms with van der Waals surface area (Å²) < 4.78 is 0. The molecule has 4 nitrogen and oxygen atoms in total. The summed E-state index contributed by atoms with van der Waals surface area (Å²) in [6.07, 6.45) is 2.66.